The molecule has 0 aliphatic heterocycles. The lowest BCUT2D eigenvalue weighted by Gasteiger charge is -2.23. The number of hydrogen-bond acceptors (Lipinski definition) is 3. The van der Waals surface area contributed by atoms with Crippen LogP contribution in [0.4, 0.5) is 0 Å². The van der Waals surface area contributed by atoms with Gasteiger partial charge in [0, 0.05) is 27.3 Å². The average molecular weight is 1300 g/mol. The first-order valence-corrected chi connectivity index (χ1v) is 35.2. The van der Waals surface area contributed by atoms with Crippen LogP contribution in [0.5, 0.6) is 0 Å². The molecule has 2 heterocycles. The van der Waals surface area contributed by atoms with Gasteiger partial charge in [0.2, 0.25) is 5.95 Å². The van der Waals surface area contributed by atoms with Crippen molar-refractivity contribution in [3.05, 3.63) is 363 Å². The number of fused-ring (bicyclic) bond motifs is 11. The molecule has 0 atom stereocenters. The molecule has 20 rings (SSSR count). The van der Waals surface area contributed by atoms with Gasteiger partial charge in [-0.1, -0.05) is 305 Å². The Balaban J connectivity index is 0.816. The van der Waals surface area contributed by atoms with E-state index in [2.05, 4.69) is 334 Å². The van der Waals surface area contributed by atoms with Gasteiger partial charge in [0.1, 0.15) is 0 Å². The van der Waals surface area contributed by atoms with Crippen molar-refractivity contribution >= 4 is 75.7 Å². The maximum atomic E-state index is 5.32. The zero-order valence-corrected chi connectivity index (χ0v) is 56.3. The molecule has 19 aromatic rings. The quantitative estimate of drug-likeness (QED) is 0.137. The second-order valence-corrected chi connectivity index (χ2v) is 27.8. The highest BCUT2D eigenvalue weighted by Gasteiger charge is 2.37. The first-order valence-electron chi connectivity index (χ1n) is 35.2. The topological polar surface area (TPSA) is 43.6 Å². The summed E-state index contributed by atoms with van der Waals surface area (Å²) >= 11 is 0. The number of rotatable bonds is 10. The van der Waals surface area contributed by atoms with E-state index in [1.165, 1.54) is 109 Å². The van der Waals surface area contributed by atoms with E-state index >= 15 is 0 Å². The highest BCUT2D eigenvalue weighted by Crippen LogP contribution is 2.53. The Morgan fingerprint density at radius 2 is 0.588 bits per heavy atom. The lowest BCUT2D eigenvalue weighted by molar-refractivity contribution is 0.661. The molecule has 1 aliphatic carbocycles. The van der Waals surface area contributed by atoms with Crippen molar-refractivity contribution < 1.29 is 0 Å². The van der Waals surface area contributed by atoms with Crippen molar-refractivity contribution in [1.82, 2.24) is 19.5 Å². The van der Waals surface area contributed by atoms with Crippen molar-refractivity contribution in [2.24, 2.45) is 0 Å². The van der Waals surface area contributed by atoms with Gasteiger partial charge in [-0.2, -0.15) is 9.97 Å². The third-order valence-electron chi connectivity index (χ3n) is 21.6. The molecule has 0 fully saturated rings. The zero-order valence-electron chi connectivity index (χ0n) is 56.3. The summed E-state index contributed by atoms with van der Waals surface area (Å²) in [6.07, 6.45) is 0. The van der Waals surface area contributed by atoms with Crippen LogP contribution < -0.4 is 0 Å². The Morgan fingerprint density at radius 1 is 0.216 bits per heavy atom. The van der Waals surface area contributed by atoms with Crippen LogP contribution in [0.2, 0.25) is 0 Å². The van der Waals surface area contributed by atoms with Crippen molar-refractivity contribution in [2.75, 3.05) is 0 Å². The molecular formula is C98H64N4. The summed E-state index contributed by atoms with van der Waals surface area (Å²) in [6, 6.07) is 130. The van der Waals surface area contributed by atoms with E-state index in [1.807, 2.05) is 36.4 Å². The van der Waals surface area contributed by atoms with Gasteiger partial charge < -0.3 is 0 Å². The second kappa shape index (κ2) is 23.5. The average Bonchev–Trinajstić information content (AvgIpc) is 1.54. The van der Waals surface area contributed by atoms with E-state index in [-0.39, 0.29) is 0 Å². The Bertz CT molecular complexity index is 6400. The number of hydrogen-bond donors (Lipinski definition) is 0. The molecule has 4 heteroatoms. The summed E-state index contributed by atoms with van der Waals surface area (Å²) in [5, 5.41) is 14.4. The van der Waals surface area contributed by atoms with E-state index in [1.54, 1.807) is 0 Å². The summed E-state index contributed by atoms with van der Waals surface area (Å²) in [5.41, 5.74) is 25.0. The standard InChI is InChI=1S/C98H64N4/c1-98(2)90-58-67(48-49-83(90)88-59-89-84-40-17-18-47-92(84)102(93(89)60-91(88)98)97-100-95(65-28-5-3-6-29-65)99-96(101-97)66-30-7-4-8-31-66)68-52-69(70-55-72(78-41-19-32-61-24-9-13-36-74(61)78)57-73(56-70)79-42-20-33-62-25-10-14-37-75(62)79)54-71(53-68)80-50-51-87(82-44-22-35-64-27-12-16-39-77(64)82)94-85(80)45-23-46-86(94)81-43-21-34-63-26-11-15-38-76(63)81/h3-60H,1-2H3. The Morgan fingerprint density at radius 3 is 1.14 bits per heavy atom. The van der Waals surface area contributed by atoms with Crippen molar-refractivity contribution in [2.45, 2.75) is 19.3 Å². The maximum Gasteiger partial charge on any atom is 0.238 e. The second-order valence-electron chi connectivity index (χ2n) is 27.8. The minimum atomic E-state index is -0.411. The lowest BCUT2D eigenvalue weighted by atomic mass is 9.81. The molecule has 102 heavy (non-hydrogen) atoms. The van der Waals surface area contributed by atoms with Crippen LogP contribution in [0, 0.1) is 0 Å². The first-order chi connectivity index (χ1) is 50.3. The molecule has 0 saturated heterocycles. The molecule has 17 aromatic carbocycles. The van der Waals surface area contributed by atoms with Gasteiger partial charge in [-0.3, -0.25) is 4.57 Å². The maximum absolute atomic E-state index is 5.32. The predicted molar refractivity (Wildman–Crippen MR) is 428 cm³/mol. The fourth-order valence-electron chi connectivity index (χ4n) is 16.7. The van der Waals surface area contributed by atoms with Crippen LogP contribution in [0.1, 0.15) is 25.0 Å². The molecule has 0 spiro atoms. The van der Waals surface area contributed by atoms with Gasteiger partial charge in [0.15, 0.2) is 11.6 Å². The van der Waals surface area contributed by atoms with Crippen molar-refractivity contribution in [1.29, 1.82) is 0 Å². The third kappa shape index (κ3) is 9.63. The Labute approximate surface area is 591 Å². The number of aromatic nitrogens is 4. The molecule has 0 unspecified atom stereocenters. The monoisotopic (exact) mass is 1300 g/mol. The van der Waals surface area contributed by atoms with Crippen LogP contribution in [0.25, 0.3) is 193 Å². The van der Waals surface area contributed by atoms with Gasteiger partial charge in [-0.05, 0) is 215 Å². The zero-order chi connectivity index (χ0) is 67.6. The van der Waals surface area contributed by atoms with Gasteiger partial charge in [0.05, 0.1) is 11.0 Å². The van der Waals surface area contributed by atoms with E-state index in [0.29, 0.717) is 17.6 Å². The molecule has 476 valence electrons. The summed E-state index contributed by atoms with van der Waals surface area (Å²) in [7, 11) is 0. The first kappa shape index (κ1) is 59.0. The third-order valence-corrected chi connectivity index (χ3v) is 21.6. The highest BCUT2D eigenvalue weighted by molar-refractivity contribution is 6.18. The number of benzene rings is 17. The fourth-order valence-corrected chi connectivity index (χ4v) is 16.7. The Hall–Kier alpha value is -13.2. The molecule has 4 nitrogen and oxygen atoms in total. The summed E-state index contributed by atoms with van der Waals surface area (Å²) in [4.78, 5) is 15.8. The largest absolute Gasteiger partial charge is 0.278 e. The van der Waals surface area contributed by atoms with Crippen LogP contribution in [0.15, 0.2) is 352 Å². The van der Waals surface area contributed by atoms with Crippen LogP contribution in [-0.4, -0.2) is 19.5 Å². The van der Waals surface area contributed by atoms with Gasteiger partial charge in [-0.25, -0.2) is 4.98 Å². The SMILES string of the molecule is CC1(C)c2cc(-c3cc(-c4cc(-c5cccc6ccccc56)cc(-c5cccc6ccccc56)c4)cc(-c4ccc(-c5cccc6ccccc56)c5c(-c6cccc7ccccc67)cccc45)c3)ccc2-c2cc3c4ccccc4n(-c4nc(-c5ccccc5)nc(-c5ccccc5)n4)c3cc21. The molecule has 2 aromatic heterocycles. The van der Waals surface area contributed by atoms with Crippen LogP contribution in [-0.2, 0) is 5.41 Å². The number of nitrogens with zero attached hydrogens (tertiary/aromatic N) is 4. The van der Waals surface area contributed by atoms with E-state index in [0.717, 1.165) is 77.4 Å². The van der Waals surface area contributed by atoms with Crippen molar-refractivity contribution in [3.63, 3.8) is 0 Å². The normalized spacial score (nSPS) is 12.5. The van der Waals surface area contributed by atoms with E-state index in [9.17, 15) is 0 Å². The molecule has 1 aliphatic rings. The van der Waals surface area contributed by atoms with Gasteiger partial charge >= 0.3 is 0 Å². The molecule has 0 amide bonds. The van der Waals surface area contributed by atoms with E-state index < -0.39 is 5.41 Å². The van der Waals surface area contributed by atoms with Crippen molar-refractivity contribution in [3.8, 4) is 118 Å². The van der Waals surface area contributed by atoms with Gasteiger partial charge in [0.25, 0.3) is 0 Å². The predicted octanol–water partition coefficient (Wildman–Crippen LogP) is 26.0. The summed E-state index contributed by atoms with van der Waals surface area (Å²) in [5.74, 6) is 1.82. The Kier molecular flexibility index (Phi) is 13.6. The number of para-hydroxylation sites is 1. The summed E-state index contributed by atoms with van der Waals surface area (Å²) < 4.78 is 2.26. The molecule has 0 N–H and O–H groups in total. The highest BCUT2D eigenvalue weighted by atomic mass is 15.2. The fraction of sp³-hybridized carbons (Fsp3) is 0.0306. The van der Waals surface area contributed by atoms with Crippen LogP contribution in [0.3, 0.4) is 0 Å². The molecule has 0 saturated carbocycles. The minimum Gasteiger partial charge on any atom is -0.278 e. The van der Waals surface area contributed by atoms with Crippen LogP contribution >= 0.6 is 0 Å². The van der Waals surface area contributed by atoms with E-state index in [4.69, 9.17) is 15.0 Å². The molecule has 0 radical (unpaired) electrons. The minimum absolute atomic E-state index is 0.411. The summed E-state index contributed by atoms with van der Waals surface area (Å²) in [6.45, 7) is 4.80. The smallest absolute Gasteiger partial charge is 0.238 e. The molecule has 0 bridgehead atoms. The van der Waals surface area contributed by atoms with Gasteiger partial charge in [-0.15, -0.1) is 0 Å². The molecular weight excluding hydrogens is 1230 g/mol. The lowest BCUT2D eigenvalue weighted by Crippen LogP contribution is -2.15.